The number of aromatic nitrogens is 2. The largest absolute Gasteiger partial charge is 0.384 e. The third-order valence-corrected chi connectivity index (χ3v) is 3.31. The van der Waals surface area contributed by atoms with E-state index < -0.39 is 0 Å². The molecule has 0 radical (unpaired) electrons. The highest BCUT2D eigenvalue weighted by Gasteiger charge is 1.99. The fourth-order valence-corrected chi connectivity index (χ4v) is 2.40. The van der Waals surface area contributed by atoms with Gasteiger partial charge in [-0.05, 0) is 35.0 Å². The van der Waals surface area contributed by atoms with Crippen LogP contribution < -0.4 is 11.1 Å². The Hall–Kier alpha value is -2.14. The van der Waals surface area contributed by atoms with Crippen molar-refractivity contribution in [1.82, 2.24) is 9.97 Å². The Bertz CT molecular complexity index is 662. The fraction of sp³-hybridized carbons (Fsp3) is 0. The standard InChI is InChI=1S/C12H10N4S/c13-11-6-12(15-7-14-11)16-9-1-2-10-8(5-9)3-4-17-10/h1-7H,(H3,13,14,15,16). The number of nitrogen functional groups attached to an aromatic ring is 1. The number of rotatable bonds is 2. The minimum absolute atomic E-state index is 0.458. The molecule has 3 rings (SSSR count). The molecule has 0 aliphatic rings. The molecule has 0 aliphatic carbocycles. The van der Waals surface area contributed by atoms with Gasteiger partial charge >= 0.3 is 0 Å². The van der Waals surface area contributed by atoms with Crippen molar-refractivity contribution >= 4 is 38.7 Å². The number of hydrogen-bond acceptors (Lipinski definition) is 5. The van der Waals surface area contributed by atoms with Crippen molar-refractivity contribution in [3.05, 3.63) is 42.0 Å². The number of anilines is 3. The molecular weight excluding hydrogens is 232 g/mol. The number of nitrogens with two attached hydrogens (primary N) is 1. The number of nitrogens with one attached hydrogen (secondary N) is 1. The zero-order valence-corrected chi connectivity index (χ0v) is 9.74. The van der Waals surface area contributed by atoms with Gasteiger partial charge in [0.15, 0.2) is 0 Å². The van der Waals surface area contributed by atoms with Gasteiger partial charge in [0, 0.05) is 16.5 Å². The van der Waals surface area contributed by atoms with Gasteiger partial charge in [-0.2, -0.15) is 0 Å². The molecule has 1 aromatic carbocycles. The molecule has 2 aromatic heterocycles. The lowest BCUT2D eigenvalue weighted by molar-refractivity contribution is 1.18. The lowest BCUT2D eigenvalue weighted by Crippen LogP contribution is -1.96. The fourth-order valence-electron chi connectivity index (χ4n) is 1.63. The Kier molecular flexibility index (Phi) is 2.38. The summed E-state index contributed by atoms with van der Waals surface area (Å²) in [6.45, 7) is 0. The van der Waals surface area contributed by atoms with Gasteiger partial charge in [0.1, 0.15) is 18.0 Å². The van der Waals surface area contributed by atoms with Crippen LogP contribution in [0.1, 0.15) is 0 Å². The SMILES string of the molecule is Nc1cc(Nc2ccc3sccc3c2)ncn1. The summed E-state index contributed by atoms with van der Waals surface area (Å²) < 4.78 is 1.28. The highest BCUT2D eigenvalue weighted by Crippen LogP contribution is 2.25. The van der Waals surface area contributed by atoms with Gasteiger partial charge in [0.25, 0.3) is 0 Å². The second-order valence-electron chi connectivity index (χ2n) is 3.63. The average molecular weight is 242 g/mol. The molecule has 0 aliphatic heterocycles. The second-order valence-corrected chi connectivity index (χ2v) is 4.57. The third kappa shape index (κ3) is 2.05. The summed E-state index contributed by atoms with van der Waals surface area (Å²) in [5.41, 5.74) is 6.59. The predicted octanol–water partition coefficient (Wildman–Crippen LogP) is 3.02. The molecule has 2 heterocycles. The van der Waals surface area contributed by atoms with Crippen LogP contribution in [-0.4, -0.2) is 9.97 Å². The van der Waals surface area contributed by atoms with Gasteiger partial charge in [-0.1, -0.05) is 0 Å². The molecule has 0 fully saturated rings. The maximum atomic E-state index is 5.60. The summed E-state index contributed by atoms with van der Waals surface area (Å²) >= 11 is 1.73. The Morgan fingerprint density at radius 3 is 2.94 bits per heavy atom. The van der Waals surface area contributed by atoms with Crippen LogP contribution in [-0.2, 0) is 0 Å². The summed E-state index contributed by atoms with van der Waals surface area (Å²) in [6, 6.07) is 10.0. The van der Waals surface area contributed by atoms with E-state index in [1.807, 2.05) is 6.07 Å². The normalized spacial score (nSPS) is 10.6. The number of fused-ring (bicyclic) bond motifs is 1. The van der Waals surface area contributed by atoms with E-state index in [2.05, 4.69) is 38.9 Å². The van der Waals surface area contributed by atoms with Crippen molar-refractivity contribution in [2.24, 2.45) is 0 Å². The summed E-state index contributed by atoms with van der Waals surface area (Å²) in [4.78, 5) is 7.95. The minimum atomic E-state index is 0.458. The Morgan fingerprint density at radius 1 is 1.12 bits per heavy atom. The zero-order chi connectivity index (χ0) is 11.7. The van der Waals surface area contributed by atoms with E-state index in [0.717, 1.165) is 5.69 Å². The van der Waals surface area contributed by atoms with Crippen molar-refractivity contribution in [1.29, 1.82) is 0 Å². The van der Waals surface area contributed by atoms with Gasteiger partial charge in [-0.15, -0.1) is 11.3 Å². The molecule has 5 heteroatoms. The molecule has 4 nitrogen and oxygen atoms in total. The third-order valence-electron chi connectivity index (χ3n) is 2.41. The lowest BCUT2D eigenvalue weighted by atomic mass is 10.2. The molecular formula is C12H10N4S. The average Bonchev–Trinajstić information content (AvgIpc) is 2.76. The molecule has 0 saturated heterocycles. The van der Waals surface area contributed by atoms with Gasteiger partial charge in [-0.25, -0.2) is 9.97 Å². The highest BCUT2D eigenvalue weighted by molar-refractivity contribution is 7.17. The monoisotopic (exact) mass is 242 g/mol. The smallest absolute Gasteiger partial charge is 0.135 e. The molecule has 0 bridgehead atoms. The van der Waals surface area contributed by atoms with Crippen molar-refractivity contribution in [2.75, 3.05) is 11.1 Å². The number of benzene rings is 1. The van der Waals surface area contributed by atoms with E-state index in [0.29, 0.717) is 11.6 Å². The maximum absolute atomic E-state index is 5.60. The first-order valence-electron chi connectivity index (χ1n) is 5.13. The first kappa shape index (κ1) is 10.0. The van der Waals surface area contributed by atoms with Crippen molar-refractivity contribution in [3.8, 4) is 0 Å². The van der Waals surface area contributed by atoms with Crippen LogP contribution in [0.4, 0.5) is 17.3 Å². The topological polar surface area (TPSA) is 63.8 Å². The molecule has 0 amide bonds. The van der Waals surface area contributed by atoms with Gasteiger partial charge in [-0.3, -0.25) is 0 Å². The number of thiophene rings is 1. The molecule has 0 saturated carbocycles. The van der Waals surface area contributed by atoms with E-state index >= 15 is 0 Å². The van der Waals surface area contributed by atoms with Gasteiger partial charge < -0.3 is 11.1 Å². The van der Waals surface area contributed by atoms with Crippen molar-refractivity contribution in [2.45, 2.75) is 0 Å². The van der Waals surface area contributed by atoms with Gasteiger partial charge in [0.2, 0.25) is 0 Å². The van der Waals surface area contributed by atoms with Crippen molar-refractivity contribution in [3.63, 3.8) is 0 Å². The van der Waals surface area contributed by atoms with E-state index in [4.69, 9.17) is 5.73 Å². The van der Waals surface area contributed by atoms with E-state index in [9.17, 15) is 0 Å². The molecule has 0 atom stereocenters. The van der Waals surface area contributed by atoms with Crippen LogP contribution in [0.2, 0.25) is 0 Å². The molecule has 17 heavy (non-hydrogen) atoms. The van der Waals surface area contributed by atoms with Crippen molar-refractivity contribution < 1.29 is 0 Å². The Balaban J connectivity index is 1.94. The van der Waals surface area contributed by atoms with Crippen LogP contribution in [0.15, 0.2) is 42.0 Å². The minimum Gasteiger partial charge on any atom is -0.384 e. The molecule has 3 N–H and O–H groups in total. The summed E-state index contributed by atoms with van der Waals surface area (Å²) in [7, 11) is 0. The molecule has 3 aromatic rings. The second kappa shape index (κ2) is 4.03. The molecule has 84 valence electrons. The van der Waals surface area contributed by atoms with Crippen LogP contribution >= 0.6 is 11.3 Å². The predicted molar refractivity (Wildman–Crippen MR) is 71.6 cm³/mol. The molecule has 0 spiro atoms. The summed E-state index contributed by atoms with van der Waals surface area (Å²) in [5.74, 6) is 1.16. The van der Waals surface area contributed by atoms with Gasteiger partial charge in [0.05, 0.1) is 0 Å². The maximum Gasteiger partial charge on any atom is 0.135 e. The quantitative estimate of drug-likeness (QED) is 0.725. The number of nitrogens with zero attached hydrogens (tertiary/aromatic N) is 2. The lowest BCUT2D eigenvalue weighted by Gasteiger charge is -2.05. The summed E-state index contributed by atoms with van der Waals surface area (Å²) in [6.07, 6.45) is 1.45. The summed E-state index contributed by atoms with van der Waals surface area (Å²) in [5, 5.41) is 6.50. The van der Waals surface area contributed by atoms with Crippen LogP contribution in [0.5, 0.6) is 0 Å². The first-order chi connectivity index (χ1) is 8.31. The highest BCUT2D eigenvalue weighted by atomic mass is 32.1. The Labute approximate surface area is 102 Å². The van der Waals surface area contributed by atoms with Crippen LogP contribution in [0, 0.1) is 0 Å². The van der Waals surface area contributed by atoms with E-state index in [1.54, 1.807) is 17.4 Å². The first-order valence-corrected chi connectivity index (χ1v) is 6.01. The molecule has 0 unspecified atom stereocenters. The number of hydrogen-bond donors (Lipinski definition) is 2. The van der Waals surface area contributed by atoms with Crippen LogP contribution in [0.25, 0.3) is 10.1 Å². The zero-order valence-electron chi connectivity index (χ0n) is 8.92. The van der Waals surface area contributed by atoms with E-state index in [-0.39, 0.29) is 0 Å². The Morgan fingerprint density at radius 2 is 2.06 bits per heavy atom. The van der Waals surface area contributed by atoms with E-state index in [1.165, 1.54) is 16.4 Å². The van der Waals surface area contributed by atoms with Crippen LogP contribution in [0.3, 0.4) is 0 Å².